The SMILES string of the molecule is CCC=NC12CC1(C(C)CC)C=CC=C2C(C)C. The van der Waals surface area contributed by atoms with Crippen LogP contribution in [0.5, 0.6) is 0 Å². The number of allylic oxidation sites excluding steroid dienone is 2. The number of nitrogens with zero attached hydrogens (tertiary/aromatic N) is 1. The molecule has 2 aliphatic carbocycles. The Morgan fingerprint density at radius 2 is 2.06 bits per heavy atom. The van der Waals surface area contributed by atoms with Gasteiger partial charge in [-0.2, -0.15) is 0 Å². The summed E-state index contributed by atoms with van der Waals surface area (Å²) in [6.45, 7) is 11.5. The van der Waals surface area contributed by atoms with Gasteiger partial charge in [0.05, 0.1) is 5.54 Å². The van der Waals surface area contributed by atoms with Gasteiger partial charge in [-0.05, 0) is 36.5 Å². The second-order valence-electron chi connectivity index (χ2n) is 6.24. The van der Waals surface area contributed by atoms with E-state index in [0.29, 0.717) is 17.3 Å². The van der Waals surface area contributed by atoms with Crippen LogP contribution in [0.2, 0.25) is 0 Å². The van der Waals surface area contributed by atoms with Gasteiger partial charge in [0, 0.05) is 5.41 Å². The van der Waals surface area contributed by atoms with Crippen LogP contribution in [0.1, 0.15) is 53.9 Å². The highest BCUT2D eigenvalue weighted by Gasteiger charge is 2.70. The smallest absolute Gasteiger partial charge is 0.0921 e. The maximum absolute atomic E-state index is 5.01. The van der Waals surface area contributed by atoms with Crippen molar-refractivity contribution in [1.29, 1.82) is 0 Å². The minimum Gasteiger partial charge on any atom is -0.285 e. The summed E-state index contributed by atoms with van der Waals surface area (Å²) in [6, 6.07) is 0. The average molecular weight is 245 g/mol. The second-order valence-corrected chi connectivity index (χ2v) is 6.24. The Balaban J connectivity index is 2.40. The van der Waals surface area contributed by atoms with Crippen molar-refractivity contribution in [3.8, 4) is 0 Å². The fourth-order valence-corrected chi connectivity index (χ4v) is 3.68. The maximum Gasteiger partial charge on any atom is 0.0921 e. The lowest BCUT2D eigenvalue weighted by Gasteiger charge is -2.31. The third-order valence-corrected chi connectivity index (χ3v) is 4.95. The summed E-state index contributed by atoms with van der Waals surface area (Å²) in [5.74, 6) is 1.31. The van der Waals surface area contributed by atoms with E-state index < -0.39 is 0 Å². The van der Waals surface area contributed by atoms with Crippen molar-refractivity contribution >= 4 is 6.21 Å². The van der Waals surface area contributed by atoms with Gasteiger partial charge in [0.1, 0.15) is 0 Å². The van der Waals surface area contributed by atoms with E-state index in [1.165, 1.54) is 18.4 Å². The number of hydrogen-bond donors (Lipinski definition) is 0. The molecule has 18 heavy (non-hydrogen) atoms. The van der Waals surface area contributed by atoms with Crippen molar-refractivity contribution in [2.75, 3.05) is 0 Å². The molecular formula is C17H27N. The van der Waals surface area contributed by atoms with Crippen LogP contribution in [0.25, 0.3) is 0 Å². The van der Waals surface area contributed by atoms with Gasteiger partial charge < -0.3 is 0 Å². The van der Waals surface area contributed by atoms with Crippen LogP contribution in [0.3, 0.4) is 0 Å². The zero-order valence-electron chi connectivity index (χ0n) is 12.5. The predicted octanol–water partition coefficient (Wildman–Crippen LogP) is 4.79. The molecule has 0 radical (unpaired) electrons. The first-order chi connectivity index (χ1) is 8.54. The van der Waals surface area contributed by atoms with Gasteiger partial charge in [0.15, 0.2) is 0 Å². The minimum absolute atomic E-state index is 0.0986. The number of aliphatic imine (C=N–C) groups is 1. The lowest BCUT2D eigenvalue weighted by Crippen LogP contribution is -2.29. The zero-order chi connectivity index (χ0) is 13.4. The van der Waals surface area contributed by atoms with E-state index in [9.17, 15) is 0 Å². The second kappa shape index (κ2) is 4.68. The highest BCUT2D eigenvalue weighted by Crippen LogP contribution is 2.70. The highest BCUT2D eigenvalue weighted by molar-refractivity contribution is 5.62. The van der Waals surface area contributed by atoms with Crippen molar-refractivity contribution in [2.24, 2.45) is 22.2 Å². The van der Waals surface area contributed by atoms with Crippen LogP contribution in [0.4, 0.5) is 0 Å². The van der Waals surface area contributed by atoms with Gasteiger partial charge in [0.25, 0.3) is 0 Å². The topological polar surface area (TPSA) is 12.4 Å². The molecule has 0 saturated heterocycles. The van der Waals surface area contributed by atoms with Gasteiger partial charge in [-0.1, -0.05) is 59.3 Å². The van der Waals surface area contributed by atoms with Crippen molar-refractivity contribution < 1.29 is 0 Å². The molecule has 0 heterocycles. The van der Waals surface area contributed by atoms with Gasteiger partial charge >= 0.3 is 0 Å². The Hall–Kier alpha value is -0.850. The highest BCUT2D eigenvalue weighted by atomic mass is 15.0. The summed E-state index contributed by atoms with van der Waals surface area (Å²) in [4.78, 5) is 5.01. The molecule has 0 aromatic heterocycles. The Morgan fingerprint density at radius 3 is 2.61 bits per heavy atom. The third kappa shape index (κ3) is 1.71. The Morgan fingerprint density at radius 1 is 1.33 bits per heavy atom. The standard InChI is InChI=1S/C17H27N/c1-6-11-18-17-12-16(17,14(5)7-2)10-8-9-15(17)13(3)4/h8-11,13-14H,6-7,12H2,1-5H3. The molecule has 2 aliphatic rings. The molecule has 2 rings (SSSR count). The monoisotopic (exact) mass is 245 g/mol. The molecule has 0 aromatic carbocycles. The van der Waals surface area contributed by atoms with E-state index in [1.807, 2.05) is 0 Å². The summed E-state index contributed by atoms with van der Waals surface area (Å²) in [5, 5.41) is 0. The van der Waals surface area contributed by atoms with E-state index in [4.69, 9.17) is 4.99 Å². The molecule has 0 aromatic rings. The molecule has 3 unspecified atom stereocenters. The molecule has 0 N–H and O–H groups in total. The molecule has 1 fully saturated rings. The van der Waals surface area contributed by atoms with Crippen LogP contribution in [0, 0.1) is 17.3 Å². The van der Waals surface area contributed by atoms with Crippen molar-refractivity contribution in [2.45, 2.75) is 59.4 Å². The number of hydrogen-bond acceptors (Lipinski definition) is 1. The zero-order valence-corrected chi connectivity index (χ0v) is 12.5. The van der Waals surface area contributed by atoms with Crippen LogP contribution in [-0.2, 0) is 0 Å². The number of fused-ring (bicyclic) bond motifs is 1. The first-order valence-electron chi connectivity index (χ1n) is 7.47. The van der Waals surface area contributed by atoms with E-state index >= 15 is 0 Å². The average Bonchev–Trinajstić information content (AvgIpc) is 3.05. The number of rotatable bonds is 5. The fraction of sp³-hybridized carbons (Fsp3) is 0.706. The fourth-order valence-electron chi connectivity index (χ4n) is 3.68. The molecule has 1 heteroatoms. The molecule has 1 saturated carbocycles. The Bertz CT molecular complexity index is 402. The third-order valence-electron chi connectivity index (χ3n) is 4.95. The van der Waals surface area contributed by atoms with Crippen molar-refractivity contribution in [3.05, 3.63) is 23.8 Å². The summed E-state index contributed by atoms with van der Waals surface area (Å²) < 4.78 is 0. The molecule has 0 spiro atoms. The van der Waals surface area contributed by atoms with Crippen molar-refractivity contribution in [1.82, 2.24) is 0 Å². The molecule has 0 aliphatic heterocycles. The van der Waals surface area contributed by atoms with Crippen molar-refractivity contribution in [3.63, 3.8) is 0 Å². The quantitative estimate of drug-likeness (QED) is 0.617. The van der Waals surface area contributed by atoms with Gasteiger partial charge in [0.2, 0.25) is 0 Å². The maximum atomic E-state index is 5.01. The molecule has 0 bridgehead atoms. The molecule has 3 atom stereocenters. The van der Waals surface area contributed by atoms with E-state index in [-0.39, 0.29) is 5.54 Å². The minimum atomic E-state index is 0.0986. The summed E-state index contributed by atoms with van der Waals surface area (Å²) in [6.07, 6.45) is 12.6. The van der Waals surface area contributed by atoms with Crippen LogP contribution in [-0.4, -0.2) is 11.8 Å². The normalized spacial score (nSPS) is 35.8. The largest absolute Gasteiger partial charge is 0.285 e. The molecule has 0 amide bonds. The molecular weight excluding hydrogens is 218 g/mol. The Labute approximate surface area is 112 Å². The van der Waals surface area contributed by atoms with Gasteiger partial charge in [-0.15, -0.1) is 0 Å². The van der Waals surface area contributed by atoms with E-state index in [1.54, 1.807) is 0 Å². The summed E-state index contributed by atoms with van der Waals surface area (Å²) in [5.41, 5.74) is 1.94. The first-order valence-corrected chi connectivity index (χ1v) is 7.47. The van der Waals surface area contributed by atoms with Crippen LogP contribution >= 0.6 is 0 Å². The van der Waals surface area contributed by atoms with Crippen LogP contribution in [0.15, 0.2) is 28.8 Å². The Kier molecular flexibility index (Phi) is 3.53. The van der Waals surface area contributed by atoms with Gasteiger partial charge in [-0.3, -0.25) is 4.99 Å². The lowest BCUT2D eigenvalue weighted by molar-refractivity contribution is 0.349. The summed E-state index contributed by atoms with van der Waals surface area (Å²) >= 11 is 0. The molecule has 100 valence electrons. The lowest BCUT2D eigenvalue weighted by atomic mass is 9.76. The predicted molar refractivity (Wildman–Crippen MR) is 80.1 cm³/mol. The summed E-state index contributed by atoms with van der Waals surface area (Å²) in [7, 11) is 0. The van der Waals surface area contributed by atoms with Crippen LogP contribution < -0.4 is 0 Å². The molecule has 1 nitrogen and oxygen atoms in total. The van der Waals surface area contributed by atoms with Gasteiger partial charge in [-0.25, -0.2) is 0 Å². The first kappa shape index (κ1) is 13.6. The van der Waals surface area contributed by atoms with E-state index in [2.05, 4.69) is 59.1 Å². The van der Waals surface area contributed by atoms with E-state index in [0.717, 1.165) is 6.42 Å².